The molecule has 94 valence electrons. The predicted molar refractivity (Wildman–Crippen MR) is 65.4 cm³/mol. The van der Waals surface area contributed by atoms with E-state index >= 15 is 0 Å². The topological polar surface area (TPSA) is 80.0 Å². The quantitative estimate of drug-likeness (QED) is 0.817. The maximum Gasteiger partial charge on any atom is 0.255 e. The summed E-state index contributed by atoms with van der Waals surface area (Å²) in [7, 11) is 0. The Morgan fingerprint density at radius 3 is 3.00 bits per heavy atom. The second-order valence-electron chi connectivity index (χ2n) is 3.88. The summed E-state index contributed by atoms with van der Waals surface area (Å²) in [4.78, 5) is 16.2. The van der Waals surface area contributed by atoms with Crippen LogP contribution in [0.15, 0.2) is 36.8 Å². The van der Waals surface area contributed by atoms with Crippen LogP contribution >= 0.6 is 0 Å². The molecule has 6 heteroatoms. The smallest absolute Gasteiger partial charge is 0.255 e. The van der Waals surface area contributed by atoms with E-state index in [0.29, 0.717) is 11.4 Å². The lowest BCUT2D eigenvalue weighted by atomic mass is 10.2. The first kappa shape index (κ1) is 12.3. The normalized spacial score (nSPS) is 12.1. The lowest BCUT2D eigenvalue weighted by molar-refractivity contribution is 0.0922. The van der Waals surface area contributed by atoms with Gasteiger partial charge in [-0.2, -0.15) is 5.10 Å². The molecule has 0 fully saturated rings. The monoisotopic (exact) mass is 246 g/mol. The number of hydrogen-bond acceptors (Lipinski definition) is 4. The van der Waals surface area contributed by atoms with Crippen LogP contribution in [0.5, 0.6) is 0 Å². The molecule has 0 aromatic carbocycles. The third kappa shape index (κ3) is 2.54. The number of aromatic nitrogens is 3. The molecule has 2 heterocycles. The van der Waals surface area contributed by atoms with Gasteiger partial charge in [-0.05, 0) is 25.1 Å². The van der Waals surface area contributed by atoms with Gasteiger partial charge in [-0.25, -0.2) is 9.67 Å². The Morgan fingerprint density at radius 1 is 1.50 bits per heavy atom. The molecule has 0 bridgehead atoms. The van der Waals surface area contributed by atoms with Crippen molar-refractivity contribution < 1.29 is 9.90 Å². The summed E-state index contributed by atoms with van der Waals surface area (Å²) in [5, 5.41) is 15.7. The molecule has 0 spiro atoms. The molecular weight excluding hydrogens is 232 g/mol. The minimum Gasteiger partial charge on any atom is -0.394 e. The Hall–Kier alpha value is -2.21. The fourth-order valence-electron chi connectivity index (χ4n) is 1.50. The maximum absolute atomic E-state index is 12.0. The summed E-state index contributed by atoms with van der Waals surface area (Å²) >= 11 is 0. The number of hydrogen-bond donors (Lipinski definition) is 2. The number of pyridine rings is 1. The standard InChI is InChI=1S/C12H14N4O2/c1-9(8-17)15-12(18)10-4-2-5-13-11(10)16-7-3-6-14-16/h2-7,9,17H,8H2,1H3,(H,15,18). The SMILES string of the molecule is CC(CO)NC(=O)c1cccnc1-n1cccn1. The molecule has 1 amide bonds. The van der Waals surface area contributed by atoms with E-state index in [1.807, 2.05) is 0 Å². The average molecular weight is 246 g/mol. The highest BCUT2D eigenvalue weighted by atomic mass is 16.3. The van der Waals surface area contributed by atoms with Crippen LogP contribution in [0.3, 0.4) is 0 Å². The second kappa shape index (κ2) is 5.42. The van der Waals surface area contributed by atoms with Crippen molar-refractivity contribution in [1.29, 1.82) is 0 Å². The number of nitrogens with one attached hydrogen (secondary N) is 1. The van der Waals surface area contributed by atoms with Crippen molar-refractivity contribution in [1.82, 2.24) is 20.1 Å². The summed E-state index contributed by atoms with van der Waals surface area (Å²) in [6.45, 7) is 1.62. The molecule has 0 aliphatic heterocycles. The summed E-state index contributed by atoms with van der Waals surface area (Å²) < 4.78 is 1.53. The van der Waals surface area contributed by atoms with Crippen LogP contribution in [-0.4, -0.2) is 38.4 Å². The van der Waals surface area contributed by atoms with Gasteiger partial charge in [-0.1, -0.05) is 0 Å². The number of carbonyl (C=O) groups excluding carboxylic acids is 1. The molecule has 0 radical (unpaired) electrons. The van der Waals surface area contributed by atoms with Crippen molar-refractivity contribution in [2.24, 2.45) is 0 Å². The highest BCUT2D eigenvalue weighted by Crippen LogP contribution is 2.10. The Labute approximate surface area is 104 Å². The molecule has 2 rings (SSSR count). The van der Waals surface area contributed by atoms with Gasteiger partial charge >= 0.3 is 0 Å². The Balaban J connectivity index is 2.31. The molecule has 0 saturated heterocycles. The van der Waals surface area contributed by atoms with Crippen LogP contribution in [0.2, 0.25) is 0 Å². The van der Waals surface area contributed by atoms with Gasteiger partial charge < -0.3 is 10.4 Å². The van der Waals surface area contributed by atoms with Crippen LogP contribution in [0.4, 0.5) is 0 Å². The van der Waals surface area contributed by atoms with E-state index in [1.165, 1.54) is 4.68 Å². The van der Waals surface area contributed by atoms with Gasteiger partial charge in [0, 0.05) is 24.6 Å². The Kier molecular flexibility index (Phi) is 3.69. The van der Waals surface area contributed by atoms with Crippen LogP contribution in [-0.2, 0) is 0 Å². The Bertz CT molecular complexity index is 525. The van der Waals surface area contributed by atoms with E-state index in [2.05, 4.69) is 15.4 Å². The molecule has 1 atom stereocenters. The molecule has 2 aromatic heterocycles. The van der Waals surface area contributed by atoms with Crippen molar-refractivity contribution in [3.8, 4) is 5.82 Å². The first-order valence-corrected chi connectivity index (χ1v) is 5.59. The highest BCUT2D eigenvalue weighted by Gasteiger charge is 2.15. The fourth-order valence-corrected chi connectivity index (χ4v) is 1.50. The molecule has 18 heavy (non-hydrogen) atoms. The minimum atomic E-state index is -0.303. The lowest BCUT2D eigenvalue weighted by Crippen LogP contribution is -2.35. The number of amides is 1. The molecule has 1 unspecified atom stereocenters. The first-order valence-electron chi connectivity index (χ1n) is 5.59. The number of rotatable bonds is 4. The molecule has 0 aliphatic rings. The summed E-state index contributed by atoms with van der Waals surface area (Å²) in [5.41, 5.74) is 0.418. The largest absolute Gasteiger partial charge is 0.394 e. The van der Waals surface area contributed by atoms with Gasteiger partial charge in [0.25, 0.3) is 5.91 Å². The third-order valence-corrected chi connectivity index (χ3v) is 2.40. The van der Waals surface area contributed by atoms with E-state index in [-0.39, 0.29) is 18.6 Å². The van der Waals surface area contributed by atoms with Crippen LogP contribution < -0.4 is 5.32 Å². The molecule has 0 aliphatic carbocycles. The predicted octanol–water partition coefficient (Wildman–Crippen LogP) is 0.378. The van der Waals surface area contributed by atoms with E-state index < -0.39 is 0 Å². The highest BCUT2D eigenvalue weighted by molar-refractivity contribution is 5.97. The number of carbonyl (C=O) groups is 1. The van der Waals surface area contributed by atoms with Crippen molar-refractivity contribution in [2.75, 3.05) is 6.61 Å². The molecule has 0 saturated carbocycles. The molecule has 6 nitrogen and oxygen atoms in total. The second-order valence-corrected chi connectivity index (χ2v) is 3.88. The summed E-state index contributed by atoms with van der Waals surface area (Å²) in [6, 6.07) is 4.81. The number of nitrogens with zero attached hydrogens (tertiary/aromatic N) is 3. The lowest BCUT2D eigenvalue weighted by Gasteiger charge is -2.12. The van der Waals surface area contributed by atoms with E-state index in [4.69, 9.17) is 5.11 Å². The minimum absolute atomic E-state index is 0.108. The average Bonchev–Trinajstić information content (AvgIpc) is 2.92. The maximum atomic E-state index is 12.0. The van der Waals surface area contributed by atoms with Crippen LogP contribution in [0.25, 0.3) is 5.82 Å². The van der Waals surface area contributed by atoms with E-state index in [0.717, 1.165) is 0 Å². The van der Waals surface area contributed by atoms with E-state index in [9.17, 15) is 4.79 Å². The van der Waals surface area contributed by atoms with Gasteiger partial charge in [-0.3, -0.25) is 4.79 Å². The van der Waals surface area contributed by atoms with Gasteiger partial charge in [0.1, 0.15) is 0 Å². The van der Waals surface area contributed by atoms with Crippen LogP contribution in [0, 0.1) is 0 Å². The zero-order valence-electron chi connectivity index (χ0n) is 9.95. The van der Waals surface area contributed by atoms with E-state index in [1.54, 1.807) is 43.7 Å². The molecular formula is C12H14N4O2. The van der Waals surface area contributed by atoms with Gasteiger partial charge in [-0.15, -0.1) is 0 Å². The zero-order chi connectivity index (χ0) is 13.0. The fraction of sp³-hybridized carbons (Fsp3) is 0.250. The van der Waals surface area contributed by atoms with Crippen LogP contribution in [0.1, 0.15) is 17.3 Å². The number of aliphatic hydroxyl groups excluding tert-OH is 1. The third-order valence-electron chi connectivity index (χ3n) is 2.40. The summed E-state index contributed by atoms with van der Waals surface area (Å²) in [6.07, 6.45) is 4.94. The number of aliphatic hydroxyl groups is 1. The molecule has 2 N–H and O–H groups in total. The Morgan fingerprint density at radius 2 is 2.33 bits per heavy atom. The van der Waals surface area contributed by atoms with Gasteiger partial charge in [0.05, 0.1) is 12.2 Å². The van der Waals surface area contributed by atoms with Gasteiger partial charge in [0.15, 0.2) is 5.82 Å². The van der Waals surface area contributed by atoms with Crippen molar-refractivity contribution in [2.45, 2.75) is 13.0 Å². The van der Waals surface area contributed by atoms with Gasteiger partial charge in [0.2, 0.25) is 0 Å². The summed E-state index contributed by atoms with van der Waals surface area (Å²) in [5.74, 6) is 0.181. The van der Waals surface area contributed by atoms with Crippen molar-refractivity contribution in [3.63, 3.8) is 0 Å². The first-order chi connectivity index (χ1) is 8.72. The molecule has 2 aromatic rings. The van der Waals surface area contributed by atoms with Crippen molar-refractivity contribution >= 4 is 5.91 Å². The zero-order valence-corrected chi connectivity index (χ0v) is 9.95. The van der Waals surface area contributed by atoms with Crippen molar-refractivity contribution in [3.05, 3.63) is 42.4 Å².